The molecule has 4 rings (SSSR count). The molecule has 0 saturated heterocycles. The molecule has 0 fully saturated rings. The number of hydrogen-bond donors (Lipinski definition) is 1. The van der Waals surface area contributed by atoms with Crippen molar-refractivity contribution in [3.05, 3.63) is 52.5 Å². The van der Waals surface area contributed by atoms with E-state index >= 15 is 0 Å². The SMILES string of the molecule is COc1cc(N=Nc2cc(S(=O)(=O)[O-])c3cc(S(=O)(=O)[O-])cc(S(=O)(=O)[O-])c3c2)c(C)cc1Nc1nc(Cl)nc(Cl)n1.[Na+].[Na+].[Na+]. The van der Waals surface area contributed by atoms with E-state index in [1.54, 1.807) is 13.0 Å². The van der Waals surface area contributed by atoms with Gasteiger partial charge in [-0.15, -0.1) is 0 Å². The monoisotopic (exact) mass is 744 g/mol. The van der Waals surface area contributed by atoms with Crippen LogP contribution in [0.1, 0.15) is 5.56 Å². The zero-order chi connectivity index (χ0) is 31.2. The van der Waals surface area contributed by atoms with E-state index in [1.807, 2.05) is 0 Å². The largest absolute Gasteiger partial charge is 1.00 e. The molecule has 0 spiro atoms. The molecular weight excluding hydrogens is 732 g/mol. The Bertz CT molecular complexity index is 2120. The van der Waals surface area contributed by atoms with Gasteiger partial charge in [-0.05, 0) is 66.0 Å². The van der Waals surface area contributed by atoms with Crippen LogP contribution in [0.5, 0.6) is 5.75 Å². The van der Waals surface area contributed by atoms with Crippen LogP contribution in [-0.4, -0.2) is 61.0 Å². The maximum Gasteiger partial charge on any atom is 1.00 e. The minimum Gasteiger partial charge on any atom is -0.744 e. The summed E-state index contributed by atoms with van der Waals surface area (Å²) in [5.74, 6) is 0.182. The molecule has 0 saturated carbocycles. The van der Waals surface area contributed by atoms with Crippen LogP contribution in [-0.2, 0) is 30.4 Å². The van der Waals surface area contributed by atoms with Crippen LogP contribution < -0.4 is 98.7 Å². The molecule has 4 aromatic rings. The average Bonchev–Trinajstić information content (AvgIpc) is 2.84. The number of methoxy groups -OCH3 is 1. The second-order valence-electron chi connectivity index (χ2n) is 8.18. The molecular formula is C21H13Cl2N6Na3O10S3. The molecule has 0 radical (unpaired) electrons. The van der Waals surface area contributed by atoms with Crippen molar-refractivity contribution in [1.29, 1.82) is 0 Å². The van der Waals surface area contributed by atoms with Gasteiger partial charge in [0.05, 0.1) is 38.9 Å². The Labute approximate surface area is 332 Å². The Hall–Kier alpha value is -0.560. The number of nitrogens with one attached hydrogen (secondary N) is 1. The first-order valence-electron chi connectivity index (χ1n) is 10.8. The van der Waals surface area contributed by atoms with E-state index in [0.29, 0.717) is 23.4 Å². The Morgan fingerprint density at radius 2 is 1.27 bits per heavy atom. The molecule has 24 heteroatoms. The number of nitrogens with zero attached hydrogens (tertiary/aromatic N) is 5. The second-order valence-corrected chi connectivity index (χ2v) is 12.9. The van der Waals surface area contributed by atoms with Gasteiger partial charge in [0.15, 0.2) is 0 Å². The number of hydrogen-bond acceptors (Lipinski definition) is 16. The van der Waals surface area contributed by atoms with Crippen molar-refractivity contribution >= 4 is 87.3 Å². The second kappa shape index (κ2) is 16.2. The van der Waals surface area contributed by atoms with Gasteiger partial charge in [0.2, 0.25) is 16.5 Å². The fourth-order valence-electron chi connectivity index (χ4n) is 3.64. The minimum atomic E-state index is -5.49. The molecule has 1 N–H and O–H groups in total. The number of rotatable bonds is 8. The van der Waals surface area contributed by atoms with Gasteiger partial charge in [-0.1, -0.05) is 0 Å². The van der Waals surface area contributed by atoms with Crippen LogP contribution in [0, 0.1) is 6.92 Å². The van der Waals surface area contributed by atoms with Gasteiger partial charge in [0.25, 0.3) is 0 Å². The van der Waals surface area contributed by atoms with E-state index < -0.39 is 61.5 Å². The van der Waals surface area contributed by atoms with Crippen molar-refractivity contribution < 1.29 is 132 Å². The summed E-state index contributed by atoms with van der Waals surface area (Å²) in [5, 5.41) is 8.91. The van der Waals surface area contributed by atoms with Crippen molar-refractivity contribution in [3.63, 3.8) is 0 Å². The average molecular weight is 745 g/mol. The standard InChI is InChI=1S/C21H16Cl2N6O10S3.3Na/c1-9-3-15(24-21-26-19(22)25-20(23)27-21)16(39-2)8-14(9)29-28-10-4-12-13(17(5-10)41(33,34)35)6-11(40(30,31)32)7-18(12)42(36,37)38;;;/h3-8H,1-2H3,(H,30,31,32)(H,33,34,35)(H,36,37,38)(H,24,25,26,27);;;/q;3*+1/p-3. The molecule has 0 unspecified atom stereocenters. The molecule has 0 amide bonds. The van der Waals surface area contributed by atoms with Crippen molar-refractivity contribution in [2.75, 3.05) is 12.4 Å². The van der Waals surface area contributed by atoms with Gasteiger partial charge >= 0.3 is 88.7 Å². The minimum absolute atomic E-state index is 0. The van der Waals surface area contributed by atoms with Gasteiger partial charge in [-0.2, -0.15) is 25.2 Å². The van der Waals surface area contributed by atoms with Crippen LogP contribution in [0.2, 0.25) is 10.6 Å². The molecule has 1 heterocycles. The van der Waals surface area contributed by atoms with E-state index in [4.69, 9.17) is 27.9 Å². The molecule has 3 aromatic carbocycles. The van der Waals surface area contributed by atoms with Gasteiger partial charge in [0.1, 0.15) is 36.1 Å². The van der Waals surface area contributed by atoms with E-state index in [9.17, 15) is 38.9 Å². The Balaban J connectivity index is 0.00000337. The predicted octanol–water partition coefficient (Wildman–Crippen LogP) is -5.47. The molecule has 0 atom stereocenters. The molecule has 0 aliphatic heterocycles. The van der Waals surface area contributed by atoms with Crippen molar-refractivity contribution in [2.24, 2.45) is 10.2 Å². The van der Waals surface area contributed by atoms with Crippen LogP contribution in [0.25, 0.3) is 10.8 Å². The summed E-state index contributed by atoms with van der Waals surface area (Å²) in [6, 6.07) is 5.24. The van der Waals surface area contributed by atoms with E-state index in [1.165, 1.54) is 13.2 Å². The van der Waals surface area contributed by atoms with Gasteiger partial charge in [0, 0.05) is 16.8 Å². The first-order valence-corrected chi connectivity index (χ1v) is 15.8. The number of fused-ring (bicyclic) bond motifs is 1. The van der Waals surface area contributed by atoms with Crippen molar-refractivity contribution in [3.8, 4) is 5.75 Å². The Morgan fingerprint density at radius 3 is 1.78 bits per heavy atom. The number of aromatic nitrogens is 3. The van der Waals surface area contributed by atoms with Crippen LogP contribution in [0.15, 0.2) is 61.3 Å². The van der Waals surface area contributed by atoms with E-state index in [-0.39, 0.29) is 123 Å². The van der Waals surface area contributed by atoms with Crippen LogP contribution in [0.4, 0.5) is 23.0 Å². The Morgan fingerprint density at radius 1 is 0.733 bits per heavy atom. The fraction of sp³-hybridized carbons (Fsp3) is 0.0952. The summed E-state index contributed by atoms with van der Waals surface area (Å²) in [4.78, 5) is 7.78. The summed E-state index contributed by atoms with van der Waals surface area (Å²) in [5.41, 5.74) is 0.542. The van der Waals surface area contributed by atoms with Crippen molar-refractivity contribution in [2.45, 2.75) is 21.6 Å². The quantitative estimate of drug-likeness (QED) is 0.100. The maximum absolute atomic E-state index is 12.0. The zero-order valence-corrected chi connectivity index (χ0v) is 33.7. The summed E-state index contributed by atoms with van der Waals surface area (Å²) in [6.45, 7) is 1.60. The molecule has 222 valence electrons. The molecule has 0 bridgehead atoms. The number of aryl methyl sites for hydroxylation is 1. The summed E-state index contributed by atoms with van der Waals surface area (Å²) < 4.78 is 112. The molecule has 45 heavy (non-hydrogen) atoms. The Kier molecular flexibility index (Phi) is 15.3. The number of benzene rings is 3. The van der Waals surface area contributed by atoms with Gasteiger partial charge in [-0.3, -0.25) is 0 Å². The van der Waals surface area contributed by atoms with Gasteiger partial charge < -0.3 is 23.7 Å². The third kappa shape index (κ3) is 10.5. The van der Waals surface area contributed by atoms with Gasteiger partial charge in [-0.25, -0.2) is 25.3 Å². The molecule has 0 aliphatic rings. The number of halogens is 2. The zero-order valence-electron chi connectivity index (χ0n) is 23.8. The first kappa shape index (κ1) is 42.5. The molecule has 1 aromatic heterocycles. The fourth-order valence-corrected chi connectivity index (χ4v) is 6.01. The van der Waals surface area contributed by atoms with Crippen LogP contribution >= 0.6 is 23.2 Å². The summed E-state index contributed by atoms with van der Waals surface area (Å²) >= 11 is 11.6. The summed E-state index contributed by atoms with van der Waals surface area (Å²) in [7, 11) is -15.0. The maximum atomic E-state index is 12.0. The number of azo groups is 1. The normalized spacial score (nSPS) is 11.8. The van der Waals surface area contributed by atoms with Crippen molar-refractivity contribution in [1.82, 2.24) is 15.0 Å². The van der Waals surface area contributed by atoms with E-state index in [0.717, 1.165) is 6.07 Å². The molecule has 0 aliphatic carbocycles. The third-order valence-electron chi connectivity index (χ3n) is 5.40. The predicted molar refractivity (Wildman–Crippen MR) is 143 cm³/mol. The third-order valence-corrected chi connectivity index (χ3v) is 8.30. The smallest absolute Gasteiger partial charge is 0.744 e. The first-order chi connectivity index (χ1) is 19.4. The van der Waals surface area contributed by atoms with E-state index in [2.05, 4.69) is 30.5 Å². The number of ether oxygens (including phenoxy) is 1. The summed E-state index contributed by atoms with van der Waals surface area (Å²) in [6.07, 6.45) is 0. The van der Waals surface area contributed by atoms with Crippen LogP contribution in [0.3, 0.4) is 0 Å². The number of anilines is 2. The molecule has 16 nitrogen and oxygen atoms in total. The topological polar surface area (TPSA) is 256 Å².